The van der Waals surface area contributed by atoms with Crippen LogP contribution in [-0.2, 0) is 6.42 Å². The Labute approximate surface area is 103 Å². The number of benzene rings is 1. The van der Waals surface area contributed by atoms with Crippen molar-refractivity contribution in [3.63, 3.8) is 0 Å². The van der Waals surface area contributed by atoms with Crippen molar-refractivity contribution in [3.05, 3.63) is 29.8 Å². The van der Waals surface area contributed by atoms with Gasteiger partial charge in [-0.15, -0.1) is 0 Å². The van der Waals surface area contributed by atoms with Crippen LogP contribution in [0.1, 0.15) is 44.6 Å². The van der Waals surface area contributed by atoms with Gasteiger partial charge in [0.15, 0.2) is 0 Å². The predicted octanol–water partition coefficient (Wildman–Crippen LogP) is 3.27. The molecule has 2 rings (SSSR count). The molecular formula is C15H22O2. The van der Waals surface area contributed by atoms with Crippen LogP contribution in [0.15, 0.2) is 24.3 Å². The van der Waals surface area contributed by atoms with Gasteiger partial charge in [-0.3, -0.25) is 0 Å². The lowest BCUT2D eigenvalue weighted by Gasteiger charge is -2.36. The van der Waals surface area contributed by atoms with E-state index >= 15 is 0 Å². The lowest BCUT2D eigenvalue weighted by atomic mass is 9.74. The fraction of sp³-hybridized carbons (Fsp3) is 0.600. The second-order valence-corrected chi connectivity index (χ2v) is 5.44. The lowest BCUT2D eigenvalue weighted by Crippen LogP contribution is -2.37. The number of phenolic OH excluding ortho intramolecular Hbond substituents is 1. The van der Waals surface area contributed by atoms with Crippen LogP contribution in [0.25, 0.3) is 0 Å². The maximum absolute atomic E-state index is 10.6. The number of aliphatic hydroxyl groups is 1. The number of aromatic hydroxyl groups is 1. The van der Waals surface area contributed by atoms with Crippen molar-refractivity contribution in [2.45, 2.75) is 51.0 Å². The maximum Gasteiger partial charge on any atom is 0.115 e. The van der Waals surface area contributed by atoms with Crippen LogP contribution in [0.2, 0.25) is 0 Å². The molecule has 0 spiro atoms. The zero-order valence-corrected chi connectivity index (χ0v) is 10.5. The Morgan fingerprint density at radius 1 is 1.41 bits per heavy atom. The summed E-state index contributed by atoms with van der Waals surface area (Å²) < 4.78 is 0. The first-order valence-electron chi connectivity index (χ1n) is 6.61. The minimum absolute atomic E-state index is 0.286. The first-order valence-corrected chi connectivity index (χ1v) is 6.61. The molecule has 1 aromatic carbocycles. The molecular weight excluding hydrogens is 212 g/mol. The molecule has 17 heavy (non-hydrogen) atoms. The Hall–Kier alpha value is -1.02. The molecule has 0 aromatic heterocycles. The summed E-state index contributed by atoms with van der Waals surface area (Å²) >= 11 is 0. The van der Waals surface area contributed by atoms with Crippen LogP contribution in [0, 0.1) is 5.92 Å². The van der Waals surface area contributed by atoms with E-state index in [2.05, 4.69) is 6.92 Å². The van der Waals surface area contributed by atoms with E-state index in [0.717, 1.165) is 31.2 Å². The minimum Gasteiger partial charge on any atom is -0.508 e. The molecule has 0 saturated heterocycles. The highest BCUT2D eigenvalue weighted by Crippen LogP contribution is 2.36. The van der Waals surface area contributed by atoms with E-state index in [4.69, 9.17) is 0 Å². The third-order valence-corrected chi connectivity index (χ3v) is 3.94. The fourth-order valence-electron chi connectivity index (χ4n) is 3.02. The molecule has 0 amide bonds. The molecule has 1 saturated carbocycles. The van der Waals surface area contributed by atoms with Crippen molar-refractivity contribution in [2.75, 3.05) is 0 Å². The molecule has 2 N–H and O–H groups in total. The van der Waals surface area contributed by atoms with Crippen molar-refractivity contribution in [1.82, 2.24) is 0 Å². The smallest absolute Gasteiger partial charge is 0.115 e. The normalized spacial score (nSPS) is 29.2. The van der Waals surface area contributed by atoms with Crippen molar-refractivity contribution < 1.29 is 10.2 Å². The third kappa shape index (κ3) is 3.22. The maximum atomic E-state index is 10.6. The summed E-state index contributed by atoms with van der Waals surface area (Å²) in [6.45, 7) is 2.20. The van der Waals surface area contributed by atoms with Crippen LogP contribution < -0.4 is 0 Å². The van der Waals surface area contributed by atoms with E-state index in [-0.39, 0.29) is 5.75 Å². The van der Waals surface area contributed by atoms with Gasteiger partial charge in [0.25, 0.3) is 0 Å². The number of hydrogen-bond acceptors (Lipinski definition) is 2. The Balaban J connectivity index is 2.06. The van der Waals surface area contributed by atoms with Gasteiger partial charge in [0.2, 0.25) is 0 Å². The van der Waals surface area contributed by atoms with E-state index in [1.54, 1.807) is 12.1 Å². The monoisotopic (exact) mass is 234 g/mol. The van der Waals surface area contributed by atoms with Gasteiger partial charge in [-0.05, 0) is 36.5 Å². The van der Waals surface area contributed by atoms with Crippen molar-refractivity contribution in [1.29, 1.82) is 0 Å². The second kappa shape index (κ2) is 5.09. The van der Waals surface area contributed by atoms with Crippen LogP contribution in [-0.4, -0.2) is 15.8 Å². The average molecular weight is 234 g/mol. The van der Waals surface area contributed by atoms with Gasteiger partial charge in [0, 0.05) is 6.42 Å². The van der Waals surface area contributed by atoms with E-state index in [0.29, 0.717) is 12.3 Å². The molecule has 0 aliphatic heterocycles. The van der Waals surface area contributed by atoms with E-state index < -0.39 is 5.60 Å². The Bertz CT molecular complexity index is 375. The van der Waals surface area contributed by atoms with Crippen LogP contribution in [0.4, 0.5) is 0 Å². The molecule has 94 valence electrons. The zero-order valence-electron chi connectivity index (χ0n) is 10.5. The van der Waals surface area contributed by atoms with Gasteiger partial charge in [0.1, 0.15) is 5.75 Å². The molecule has 2 atom stereocenters. The Kier molecular flexibility index (Phi) is 3.72. The third-order valence-electron chi connectivity index (χ3n) is 3.94. The van der Waals surface area contributed by atoms with E-state index in [1.807, 2.05) is 12.1 Å². The summed E-state index contributed by atoms with van der Waals surface area (Å²) in [6.07, 6.45) is 5.98. The SMILES string of the molecule is CCC1CCCC(O)(Cc2cccc(O)c2)C1. The average Bonchev–Trinajstić information content (AvgIpc) is 2.28. The molecule has 1 aliphatic carbocycles. The summed E-state index contributed by atoms with van der Waals surface area (Å²) in [4.78, 5) is 0. The van der Waals surface area contributed by atoms with Gasteiger partial charge in [0.05, 0.1) is 5.60 Å². The van der Waals surface area contributed by atoms with Gasteiger partial charge < -0.3 is 10.2 Å². The van der Waals surface area contributed by atoms with Crippen molar-refractivity contribution in [2.24, 2.45) is 5.92 Å². The molecule has 2 heteroatoms. The topological polar surface area (TPSA) is 40.5 Å². The fourth-order valence-corrected chi connectivity index (χ4v) is 3.02. The summed E-state index contributed by atoms with van der Waals surface area (Å²) in [5.41, 5.74) is 0.469. The highest BCUT2D eigenvalue weighted by Gasteiger charge is 2.33. The van der Waals surface area contributed by atoms with Crippen molar-refractivity contribution in [3.8, 4) is 5.75 Å². The van der Waals surface area contributed by atoms with Gasteiger partial charge in [-0.2, -0.15) is 0 Å². The highest BCUT2D eigenvalue weighted by molar-refractivity contribution is 5.28. The molecule has 2 nitrogen and oxygen atoms in total. The molecule has 1 fully saturated rings. The zero-order chi connectivity index (χ0) is 12.3. The standard InChI is InChI=1S/C15H22O2/c1-2-12-6-4-8-15(17,10-12)11-13-5-3-7-14(16)9-13/h3,5,7,9,12,16-17H,2,4,6,8,10-11H2,1H3. The van der Waals surface area contributed by atoms with Crippen LogP contribution in [0.5, 0.6) is 5.75 Å². The van der Waals surface area contributed by atoms with Crippen LogP contribution >= 0.6 is 0 Å². The highest BCUT2D eigenvalue weighted by atomic mass is 16.3. The number of phenols is 1. The molecule has 2 unspecified atom stereocenters. The molecule has 0 bridgehead atoms. The number of rotatable bonds is 3. The van der Waals surface area contributed by atoms with E-state index in [1.165, 1.54) is 6.42 Å². The van der Waals surface area contributed by atoms with Gasteiger partial charge in [-0.1, -0.05) is 38.3 Å². The summed E-state index contributed by atoms with van der Waals surface area (Å²) in [7, 11) is 0. The first-order chi connectivity index (χ1) is 8.11. The predicted molar refractivity (Wildman–Crippen MR) is 69.0 cm³/mol. The van der Waals surface area contributed by atoms with Gasteiger partial charge in [-0.25, -0.2) is 0 Å². The Morgan fingerprint density at radius 2 is 2.24 bits per heavy atom. The molecule has 1 aliphatic rings. The number of hydrogen-bond donors (Lipinski definition) is 2. The van der Waals surface area contributed by atoms with Gasteiger partial charge >= 0.3 is 0 Å². The Morgan fingerprint density at radius 3 is 2.94 bits per heavy atom. The minimum atomic E-state index is -0.563. The largest absolute Gasteiger partial charge is 0.508 e. The lowest BCUT2D eigenvalue weighted by molar-refractivity contribution is -0.0162. The van der Waals surface area contributed by atoms with Crippen molar-refractivity contribution >= 4 is 0 Å². The van der Waals surface area contributed by atoms with Crippen LogP contribution in [0.3, 0.4) is 0 Å². The summed E-state index contributed by atoms with van der Waals surface area (Å²) in [6, 6.07) is 7.25. The summed E-state index contributed by atoms with van der Waals surface area (Å²) in [5, 5.41) is 20.1. The molecule has 1 aromatic rings. The second-order valence-electron chi connectivity index (χ2n) is 5.44. The quantitative estimate of drug-likeness (QED) is 0.842. The summed E-state index contributed by atoms with van der Waals surface area (Å²) in [5.74, 6) is 0.944. The molecule has 0 radical (unpaired) electrons. The molecule has 0 heterocycles. The first kappa shape index (κ1) is 12.4. The van der Waals surface area contributed by atoms with E-state index in [9.17, 15) is 10.2 Å².